The van der Waals surface area contributed by atoms with Crippen molar-refractivity contribution in [1.29, 1.82) is 0 Å². The second-order valence-corrected chi connectivity index (χ2v) is 5.67. The summed E-state index contributed by atoms with van der Waals surface area (Å²) < 4.78 is 26.4. The summed E-state index contributed by atoms with van der Waals surface area (Å²) in [5, 5.41) is 3.25. The molecule has 0 radical (unpaired) electrons. The van der Waals surface area contributed by atoms with Crippen molar-refractivity contribution in [3.8, 4) is 0 Å². The van der Waals surface area contributed by atoms with E-state index in [0.29, 0.717) is 5.56 Å². The molecular formula is C16H17F2NS. The van der Waals surface area contributed by atoms with Crippen LogP contribution in [-0.2, 0) is 0 Å². The minimum absolute atomic E-state index is 0.132. The maximum Gasteiger partial charge on any atom is 0.130 e. The zero-order valence-corrected chi connectivity index (χ0v) is 12.1. The highest BCUT2D eigenvalue weighted by atomic mass is 32.2. The largest absolute Gasteiger partial charge is 0.309 e. The van der Waals surface area contributed by atoms with Crippen LogP contribution in [0.3, 0.4) is 0 Å². The molecule has 1 atom stereocenters. The first-order valence-corrected chi connectivity index (χ1v) is 7.51. The fourth-order valence-corrected chi connectivity index (χ4v) is 2.73. The first-order chi connectivity index (χ1) is 9.66. The van der Waals surface area contributed by atoms with Crippen LogP contribution in [0.4, 0.5) is 8.78 Å². The molecule has 0 bridgehead atoms. The molecule has 0 saturated carbocycles. The summed E-state index contributed by atoms with van der Waals surface area (Å²) in [5.74, 6) is -0.143. The van der Waals surface area contributed by atoms with E-state index in [9.17, 15) is 8.78 Å². The van der Waals surface area contributed by atoms with Gasteiger partial charge < -0.3 is 5.32 Å². The molecule has 2 aromatic rings. The highest BCUT2D eigenvalue weighted by Crippen LogP contribution is 2.19. The van der Waals surface area contributed by atoms with Gasteiger partial charge >= 0.3 is 0 Å². The van der Waals surface area contributed by atoms with Crippen molar-refractivity contribution in [3.05, 3.63) is 65.7 Å². The molecule has 0 aliphatic carbocycles. The summed E-state index contributed by atoms with van der Waals surface area (Å²) in [6, 6.07) is 13.7. The van der Waals surface area contributed by atoms with E-state index in [0.717, 1.165) is 18.4 Å². The Morgan fingerprint density at radius 3 is 2.55 bits per heavy atom. The Morgan fingerprint density at radius 1 is 1.10 bits per heavy atom. The third-order valence-corrected chi connectivity index (χ3v) is 4.01. The maximum absolute atomic E-state index is 13.6. The number of thioether (sulfide) groups is 1. The maximum atomic E-state index is 13.6. The van der Waals surface area contributed by atoms with Crippen molar-refractivity contribution >= 4 is 11.8 Å². The second kappa shape index (κ2) is 7.41. The monoisotopic (exact) mass is 293 g/mol. The van der Waals surface area contributed by atoms with Gasteiger partial charge in [-0.25, -0.2) is 8.78 Å². The van der Waals surface area contributed by atoms with Crippen LogP contribution in [0.15, 0.2) is 53.4 Å². The van der Waals surface area contributed by atoms with Gasteiger partial charge in [0.05, 0.1) is 0 Å². The van der Waals surface area contributed by atoms with Gasteiger partial charge in [0.15, 0.2) is 0 Å². The summed E-state index contributed by atoms with van der Waals surface area (Å²) in [5.41, 5.74) is 0.496. The lowest BCUT2D eigenvalue weighted by atomic mass is 10.1. The molecule has 1 nitrogen and oxygen atoms in total. The number of benzene rings is 2. The molecule has 0 spiro atoms. The van der Waals surface area contributed by atoms with Crippen molar-refractivity contribution < 1.29 is 8.78 Å². The highest BCUT2D eigenvalue weighted by molar-refractivity contribution is 7.99. The zero-order valence-electron chi connectivity index (χ0n) is 11.3. The molecule has 106 valence electrons. The van der Waals surface area contributed by atoms with Gasteiger partial charge in [0, 0.05) is 34.9 Å². The van der Waals surface area contributed by atoms with Crippen molar-refractivity contribution in [3.63, 3.8) is 0 Å². The number of hydrogen-bond acceptors (Lipinski definition) is 2. The van der Waals surface area contributed by atoms with Gasteiger partial charge in [0.25, 0.3) is 0 Å². The SMILES string of the molecule is CC(NCCSc1ccccc1)c1ccc(F)cc1F. The second-order valence-electron chi connectivity index (χ2n) is 4.50. The zero-order chi connectivity index (χ0) is 14.4. The lowest BCUT2D eigenvalue weighted by molar-refractivity contribution is 0.528. The molecule has 2 aromatic carbocycles. The van der Waals surface area contributed by atoms with Crippen LogP contribution in [0.5, 0.6) is 0 Å². The third kappa shape index (κ3) is 4.32. The molecule has 4 heteroatoms. The van der Waals surface area contributed by atoms with Gasteiger partial charge in [-0.15, -0.1) is 11.8 Å². The fraction of sp³-hybridized carbons (Fsp3) is 0.250. The van der Waals surface area contributed by atoms with Crippen molar-refractivity contribution in [2.75, 3.05) is 12.3 Å². The summed E-state index contributed by atoms with van der Waals surface area (Å²) >= 11 is 1.75. The Hall–Kier alpha value is -1.39. The lowest BCUT2D eigenvalue weighted by Crippen LogP contribution is -2.22. The minimum atomic E-state index is -0.543. The van der Waals surface area contributed by atoms with E-state index in [1.807, 2.05) is 25.1 Å². The van der Waals surface area contributed by atoms with Crippen LogP contribution in [0.1, 0.15) is 18.5 Å². The van der Waals surface area contributed by atoms with Crippen molar-refractivity contribution in [2.45, 2.75) is 17.9 Å². The van der Waals surface area contributed by atoms with Crippen LogP contribution < -0.4 is 5.32 Å². The average molecular weight is 293 g/mol. The third-order valence-electron chi connectivity index (χ3n) is 2.99. The molecule has 2 rings (SSSR count). The van der Waals surface area contributed by atoms with Crippen LogP contribution in [-0.4, -0.2) is 12.3 Å². The van der Waals surface area contributed by atoms with Gasteiger partial charge in [0.1, 0.15) is 11.6 Å². The van der Waals surface area contributed by atoms with Crippen molar-refractivity contribution in [2.24, 2.45) is 0 Å². The van der Waals surface area contributed by atoms with Crippen LogP contribution in [0, 0.1) is 11.6 Å². The van der Waals surface area contributed by atoms with E-state index in [4.69, 9.17) is 0 Å². The number of rotatable bonds is 6. The molecule has 1 N–H and O–H groups in total. The Bertz CT molecular complexity index is 545. The molecule has 0 aromatic heterocycles. The molecular weight excluding hydrogens is 276 g/mol. The molecule has 0 aliphatic rings. The predicted molar refractivity (Wildman–Crippen MR) is 79.9 cm³/mol. The predicted octanol–water partition coefficient (Wildman–Crippen LogP) is 4.41. The Balaban J connectivity index is 1.79. The molecule has 0 aliphatic heterocycles. The van der Waals surface area contributed by atoms with E-state index in [2.05, 4.69) is 17.4 Å². The van der Waals surface area contributed by atoms with Crippen LogP contribution >= 0.6 is 11.8 Å². The summed E-state index contributed by atoms with van der Waals surface area (Å²) in [7, 11) is 0. The average Bonchev–Trinajstić information content (AvgIpc) is 2.44. The molecule has 0 saturated heterocycles. The van der Waals surface area contributed by atoms with E-state index in [-0.39, 0.29) is 6.04 Å². The Kier molecular flexibility index (Phi) is 5.56. The molecule has 0 heterocycles. The van der Waals surface area contributed by atoms with E-state index in [1.54, 1.807) is 11.8 Å². The van der Waals surface area contributed by atoms with Crippen LogP contribution in [0.2, 0.25) is 0 Å². The smallest absolute Gasteiger partial charge is 0.130 e. The molecule has 1 unspecified atom stereocenters. The van der Waals surface area contributed by atoms with Gasteiger partial charge in [-0.05, 0) is 25.1 Å². The van der Waals surface area contributed by atoms with Gasteiger partial charge in [-0.1, -0.05) is 24.3 Å². The minimum Gasteiger partial charge on any atom is -0.309 e. The summed E-state index contributed by atoms with van der Waals surface area (Å²) in [4.78, 5) is 1.22. The van der Waals surface area contributed by atoms with Gasteiger partial charge in [0.2, 0.25) is 0 Å². The van der Waals surface area contributed by atoms with E-state index in [1.165, 1.54) is 17.0 Å². The van der Waals surface area contributed by atoms with E-state index >= 15 is 0 Å². The normalized spacial score (nSPS) is 12.3. The lowest BCUT2D eigenvalue weighted by Gasteiger charge is -2.15. The number of nitrogens with one attached hydrogen (secondary N) is 1. The molecule has 20 heavy (non-hydrogen) atoms. The summed E-state index contributed by atoms with van der Waals surface area (Å²) in [6.45, 7) is 2.64. The van der Waals surface area contributed by atoms with Crippen molar-refractivity contribution in [1.82, 2.24) is 5.32 Å². The topological polar surface area (TPSA) is 12.0 Å². The highest BCUT2D eigenvalue weighted by Gasteiger charge is 2.10. The molecule has 0 amide bonds. The van der Waals surface area contributed by atoms with Gasteiger partial charge in [-0.3, -0.25) is 0 Å². The first-order valence-electron chi connectivity index (χ1n) is 6.53. The quantitative estimate of drug-likeness (QED) is 0.625. The van der Waals surface area contributed by atoms with E-state index < -0.39 is 11.6 Å². The molecule has 0 fully saturated rings. The summed E-state index contributed by atoms with van der Waals surface area (Å²) in [6.07, 6.45) is 0. The fourth-order valence-electron chi connectivity index (χ4n) is 1.92. The Morgan fingerprint density at radius 2 is 1.85 bits per heavy atom. The number of halogens is 2. The van der Waals surface area contributed by atoms with Gasteiger partial charge in [-0.2, -0.15) is 0 Å². The standard InChI is InChI=1S/C16H17F2NS/c1-12(15-8-7-13(17)11-16(15)18)19-9-10-20-14-5-3-2-4-6-14/h2-8,11-12,19H,9-10H2,1H3. The number of hydrogen-bond donors (Lipinski definition) is 1. The van der Waals surface area contributed by atoms with Crippen LogP contribution in [0.25, 0.3) is 0 Å². The first kappa shape index (κ1) is 15.0. The Labute approximate surface area is 122 Å².